The number of rotatable bonds is 15. The van der Waals surface area contributed by atoms with Gasteiger partial charge in [-0.25, -0.2) is 28.7 Å². The van der Waals surface area contributed by atoms with Gasteiger partial charge in [0.15, 0.2) is 0 Å². The first-order valence-electron chi connectivity index (χ1n) is 34.2. The number of alkyl halides is 8. The van der Waals surface area contributed by atoms with Crippen molar-refractivity contribution in [1.82, 2.24) is 35.1 Å². The van der Waals surface area contributed by atoms with Crippen LogP contribution in [0.5, 0.6) is 11.5 Å². The molecule has 101 heavy (non-hydrogen) atoms. The lowest BCUT2D eigenvalue weighted by Gasteiger charge is -2.35. The van der Waals surface area contributed by atoms with Gasteiger partial charge in [-0.3, -0.25) is 19.2 Å². The number of methoxy groups -OCH3 is 4. The summed E-state index contributed by atoms with van der Waals surface area (Å²) in [7, 11) is 5.76. The van der Waals surface area contributed by atoms with Gasteiger partial charge in [0.05, 0.1) is 57.9 Å². The lowest BCUT2D eigenvalue weighted by molar-refractivity contribution is -0.146. The molecule has 544 valence electrons. The Kier molecular flexibility index (Phi) is 23.8. The average Bonchev–Trinajstić information content (AvgIpc) is 1.62. The summed E-state index contributed by atoms with van der Waals surface area (Å²) >= 11 is 5.49. The molecule has 18 nitrogen and oxygen atoms in total. The monoisotopic (exact) mass is 1430 g/mol. The summed E-state index contributed by atoms with van der Waals surface area (Å²) < 4.78 is 138. The number of hydrogen-bond acceptors (Lipinski definition) is 16. The van der Waals surface area contributed by atoms with Crippen LogP contribution in [0.15, 0.2) is 109 Å². The van der Waals surface area contributed by atoms with Gasteiger partial charge in [0.25, 0.3) is 11.8 Å². The summed E-state index contributed by atoms with van der Waals surface area (Å²) in [6.45, 7) is 10.3. The van der Waals surface area contributed by atoms with E-state index < -0.39 is 58.5 Å². The van der Waals surface area contributed by atoms with E-state index in [1.165, 1.54) is 38.5 Å². The number of likely N-dealkylation sites (tertiary alicyclic amines) is 2. The summed E-state index contributed by atoms with van der Waals surface area (Å²) in [5, 5.41) is 3.55. The molecule has 2 amide bonds. The van der Waals surface area contributed by atoms with E-state index in [0.29, 0.717) is 140 Å². The fraction of sp³-hybridized carbons (Fsp3) is 0.514. The number of piperidine rings is 2. The first-order chi connectivity index (χ1) is 48.1. The van der Waals surface area contributed by atoms with Crippen molar-refractivity contribution in [3.05, 3.63) is 160 Å². The van der Waals surface area contributed by atoms with Crippen molar-refractivity contribution in [3.63, 3.8) is 0 Å². The van der Waals surface area contributed by atoms with Crippen LogP contribution in [0.1, 0.15) is 121 Å². The van der Waals surface area contributed by atoms with Crippen LogP contribution in [-0.2, 0) is 41.0 Å². The minimum absolute atomic E-state index is 0.0514. The fourth-order valence-corrected chi connectivity index (χ4v) is 15.6. The minimum Gasteiger partial charge on any atom is -0.497 e. The zero-order valence-corrected chi connectivity index (χ0v) is 58.7. The quantitative estimate of drug-likeness (QED) is 0.0581. The predicted molar refractivity (Wildman–Crippen MR) is 366 cm³/mol. The van der Waals surface area contributed by atoms with Crippen molar-refractivity contribution < 1.29 is 73.2 Å². The SMILES string of the molecule is CC[C@H]1CN(C(=O)[C@]2(F)CN(c3ccnc(C)n3)C[C@H]2c2ccc(OC)cc2)C[C@@H]1c1ccc(C(F)(F)F)cc1N1CCC(C(=O)OC)CC1.CC[C@H]1CN(C(=O)[C@]2(F)CNC[C@H]2c2ccc(OC)cc2)C[C@@H]1c1ccc(C(F)(F)F)cc1N1CCC(C(=O)OC)CC1.Cc1nccc(Cl)n1. The van der Waals surface area contributed by atoms with Crippen molar-refractivity contribution in [1.29, 1.82) is 0 Å². The molecule has 0 radical (unpaired) electrons. The number of esters is 2. The van der Waals surface area contributed by atoms with E-state index >= 15 is 8.78 Å². The van der Waals surface area contributed by atoms with Crippen molar-refractivity contribution in [2.75, 3.05) is 122 Å². The summed E-state index contributed by atoms with van der Waals surface area (Å²) in [5.41, 5.74) is -2.30. The highest BCUT2D eigenvalue weighted by Crippen LogP contribution is 2.49. The fourth-order valence-electron chi connectivity index (χ4n) is 15.4. The van der Waals surface area contributed by atoms with E-state index in [-0.39, 0.29) is 86.7 Å². The zero-order chi connectivity index (χ0) is 72.7. The van der Waals surface area contributed by atoms with Crippen LogP contribution in [0.3, 0.4) is 0 Å². The molecule has 2 aromatic heterocycles. The van der Waals surface area contributed by atoms with Gasteiger partial charge in [-0.15, -0.1) is 0 Å². The molecule has 12 rings (SSSR count). The Balaban J connectivity index is 0.000000197. The number of nitrogens with one attached hydrogen (secondary N) is 1. The molecular weight excluding hydrogens is 1340 g/mol. The Labute approximate surface area is 588 Å². The molecule has 6 aliphatic rings. The largest absolute Gasteiger partial charge is 0.497 e. The lowest BCUT2D eigenvalue weighted by atomic mass is 9.84. The number of nitrogens with zero attached hydrogens (tertiary/aromatic N) is 9. The van der Waals surface area contributed by atoms with Crippen LogP contribution < -0.4 is 29.5 Å². The van der Waals surface area contributed by atoms with E-state index in [1.807, 2.05) is 23.6 Å². The molecule has 0 unspecified atom stereocenters. The molecule has 6 aromatic rings. The van der Waals surface area contributed by atoms with Gasteiger partial charge in [-0.2, -0.15) is 26.3 Å². The Hall–Kier alpha value is -8.39. The van der Waals surface area contributed by atoms with Gasteiger partial charge in [-0.1, -0.05) is 74.7 Å². The molecule has 6 fully saturated rings. The van der Waals surface area contributed by atoms with Crippen LogP contribution >= 0.6 is 11.6 Å². The molecule has 27 heteroatoms. The predicted octanol–water partition coefficient (Wildman–Crippen LogP) is 12.8. The van der Waals surface area contributed by atoms with Crippen molar-refractivity contribution in [2.45, 2.75) is 114 Å². The van der Waals surface area contributed by atoms with E-state index in [4.69, 9.17) is 30.5 Å². The first-order valence-corrected chi connectivity index (χ1v) is 34.5. The standard InChI is InChI=1S/C37H43F4N5O4.C32H39F4N3O4.C5H5ClN2/c1-5-24-19-45(20-30(24)29-11-8-27(37(39,40)41)18-32(29)44-16-13-26(14-17-44)34(47)50-4)35(48)36(38)22-46(33-12-15-42-23(2)43-33)21-31(36)25-6-9-28(49-3)10-7-25;1-4-20-17-39(30(41)31(33)19-37-16-27(31)21-5-8-24(42-2)9-6-21)18-26(20)25-10-7-23(32(34,35)36)15-28(25)38-13-11-22(12-14-38)29(40)43-3;1-4-7-3-2-5(6)8-4/h6-12,15,18,24,26,30-31H,5,13-14,16-17,19-22H2,1-4H3;5-10,15,20,22,26-27,37H,4,11-14,16-19H2,1-3H3;2-3H,1H3/t24-,30-,31-,36-;20-,26-,27-,31-;/m00./s1. The lowest BCUT2D eigenvalue weighted by Crippen LogP contribution is -2.50. The Morgan fingerprint density at radius 1 is 0.554 bits per heavy atom. The second kappa shape index (κ2) is 31.9. The van der Waals surface area contributed by atoms with E-state index in [9.17, 15) is 45.5 Å². The number of ether oxygens (including phenoxy) is 4. The Bertz CT molecular complexity index is 3850. The highest BCUT2D eigenvalue weighted by molar-refractivity contribution is 6.29. The second-order valence-corrected chi connectivity index (χ2v) is 27.2. The topological polar surface area (TPSA) is 185 Å². The third kappa shape index (κ3) is 16.7. The van der Waals surface area contributed by atoms with Crippen LogP contribution in [0.4, 0.5) is 52.3 Å². The van der Waals surface area contributed by atoms with Crippen molar-refractivity contribution in [2.24, 2.45) is 23.7 Å². The molecule has 0 spiro atoms. The highest BCUT2D eigenvalue weighted by Gasteiger charge is 2.58. The zero-order valence-electron chi connectivity index (χ0n) is 57.9. The molecule has 0 saturated carbocycles. The molecular formula is C74H87ClF8N10O8. The number of hydrogen-bond donors (Lipinski definition) is 1. The normalized spacial score (nSPS) is 24.1. The first kappa shape index (κ1) is 75.3. The molecule has 0 bridgehead atoms. The molecule has 8 heterocycles. The Morgan fingerprint density at radius 3 is 1.39 bits per heavy atom. The molecule has 0 aliphatic carbocycles. The number of aryl methyl sites for hydroxylation is 2. The number of carbonyl (C=O) groups is 4. The van der Waals surface area contributed by atoms with Gasteiger partial charge < -0.3 is 48.8 Å². The van der Waals surface area contributed by atoms with Crippen molar-refractivity contribution in [3.8, 4) is 11.5 Å². The van der Waals surface area contributed by atoms with E-state index in [1.54, 1.807) is 116 Å². The Morgan fingerprint density at radius 2 is 0.990 bits per heavy atom. The van der Waals surface area contributed by atoms with Crippen LogP contribution in [0, 0.1) is 37.5 Å². The summed E-state index contributed by atoms with van der Waals surface area (Å²) in [6, 6.07) is 25.0. The maximum absolute atomic E-state index is 17.7. The summed E-state index contributed by atoms with van der Waals surface area (Å²) in [5.74, 6) is -1.68. The van der Waals surface area contributed by atoms with Crippen LogP contribution in [-0.4, -0.2) is 172 Å². The molecule has 1 N–H and O–H groups in total. The molecule has 4 aromatic carbocycles. The number of aromatic nitrogens is 4. The summed E-state index contributed by atoms with van der Waals surface area (Å²) in [4.78, 5) is 77.7. The smallest absolute Gasteiger partial charge is 0.416 e. The highest BCUT2D eigenvalue weighted by atomic mass is 35.5. The molecule has 6 aliphatic heterocycles. The maximum Gasteiger partial charge on any atom is 0.416 e. The van der Waals surface area contributed by atoms with Crippen molar-refractivity contribution >= 4 is 52.5 Å². The summed E-state index contributed by atoms with van der Waals surface area (Å²) in [6.07, 6.45) is -2.66. The third-order valence-corrected chi connectivity index (χ3v) is 21.2. The number of carbonyl (C=O) groups excluding carboxylic acids is 4. The van der Waals surface area contributed by atoms with Gasteiger partial charge in [-0.05, 0) is 134 Å². The number of anilines is 3. The van der Waals surface area contributed by atoms with E-state index in [2.05, 4.69) is 25.3 Å². The number of amides is 2. The van der Waals surface area contributed by atoms with E-state index in [0.717, 1.165) is 17.7 Å². The number of benzene rings is 4. The third-order valence-electron chi connectivity index (χ3n) is 21.0. The maximum atomic E-state index is 17.7. The van der Waals surface area contributed by atoms with Gasteiger partial charge in [0, 0.05) is 119 Å². The van der Waals surface area contributed by atoms with Gasteiger partial charge >= 0.3 is 24.3 Å². The minimum atomic E-state index is -4.55. The van der Waals surface area contributed by atoms with Gasteiger partial charge in [0.2, 0.25) is 11.3 Å². The molecule has 6 saturated heterocycles. The second-order valence-electron chi connectivity index (χ2n) is 26.9. The number of halogens is 9. The van der Waals surface area contributed by atoms with Crippen LogP contribution in [0.2, 0.25) is 5.15 Å². The van der Waals surface area contributed by atoms with Crippen LogP contribution in [0.25, 0.3) is 0 Å². The van der Waals surface area contributed by atoms with Gasteiger partial charge in [0.1, 0.15) is 34.1 Å². The molecule has 8 atom stereocenters. The average molecular weight is 1430 g/mol.